The van der Waals surface area contributed by atoms with Crippen LogP contribution < -0.4 is 11.1 Å². The van der Waals surface area contributed by atoms with E-state index in [0.29, 0.717) is 19.9 Å². The van der Waals surface area contributed by atoms with E-state index in [0.717, 1.165) is 23.1 Å². The van der Waals surface area contributed by atoms with E-state index in [4.69, 9.17) is 33.7 Å². The third kappa shape index (κ3) is 5.93. The number of carbonyl (C=O) groups excluding carboxylic acids is 3. The Morgan fingerprint density at radius 3 is 2.72 bits per heavy atom. The van der Waals surface area contributed by atoms with Gasteiger partial charge in [0.2, 0.25) is 0 Å². The van der Waals surface area contributed by atoms with Gasteiger partial charge in [0, 0.05) is 9.92 Å². The zero-order valence-corrected chi connectivity index (χ0v) is 15.7. The Balaban J connectivity index is 1.79. The fourth-order valence-electron chi connectivity index (χ4n) is 1.68. The summed E-state index contributed by atoms with van der Waals surface area (Å²) in [5.41, 5.74) is 5.39. The number of hydrogen-bond donors (Lipinski definition) is 2. The second kappa shape index (κ2) is 9.10. The fourth-order valence-corrected chi connectivity index (χ4v) is 3.77. The first-order valence-electron chi connectivity index (χ1n) is 6.77. The molecule has 2 aromatic rings. The van der Waals surface area contributed by atoms with Crippen molar-refractivity contribution in [3.8, 4) is 0 Å². The van der Waals surface area contributed by atoms with Gasteiger partial charge in [0.15, 0.2) is 6.61 Å². The lowest BCUT2D eigenvalue weighted by Crippen LogP contribution is -2.22. The Hall–Kier alpha value is -1.74. The number of ether oxygens (including phenoxy) is 1. The summed E-state index contributed by atoms with van der Waals surface area (Å²) in [7, 11) is 0. The van der Waals surface area contributed by atoms with Crippen molar-refractivity contribution < 1.29 is 19.1 Å². The molecule has 0 saturated carbocycles. The number of benzene rings is 1. The molecule has 0 radical (unpaired) electrons. The number of thiophene rings is 1. The van der Waals surface area contributed by atoms with Crippen molar-refractivity contribution in [3.05, 3.63) is 45.3 Å². The molecule has 0 fully saturated rings. The predicted octanol–water partition coefficient (Wildman–Crippen LogP) is 3.43. The number of thioether (sulfide) groups is 1. The van der Waals surface area contributed by atoms with Crippen LogP contribution in [0.1, 0.15) is 10.4 Å². The summed E-state index contributed by atoms with van der Waals surface area (Å²) in [6.07, 6.45) is 0. The summed E-state index contributed by atoms with van der Waals surface area (Å²) in [6.45, 7) is -0.473. The van der Waals surface area contributed by atoms with Crippen LogP contribution in [-0.4, -0.2) is 30.1 Å². The van der Waals surface area contributed by atoms with Crippen molar-refractivity contribution in [2.45, 2.75) is 4.90 Å². The number of primary amides is 1. The Labute approximate surface area is 161 Å². The lowest BCUT2D eigenvalue weighted by atomic mass is 10.3. The van der Waals surface area contributed by atoms with E-state index in [-0.39, 0.29) is 11.3 Å². The number of nitrogens with one attached hydrogen (secondary N) is 1. The number of halogens is 2. The molecular weight excluding hydrogens is 407 g/mol. The van der Waals surface area contributed by atoms with E-state index in [2.05, 4.69) is 5.32 Å². The van der Waals surface area contributed by atoms with E-state index in [1.807, 2.05) is 0 Å². The summed E-state index contributed by atoms with van der Waals surface area (Å²) >= 11 is 14.2. The molecule has 0 aliphatic carbocycles. The molecule has 0 atom stereocenters. The molecule has 0 saturated heterocycles. The molecule has 1 aromatic heterocycles. The van der Waals surface area contributed by atoms with Crippen LogP contribution in [0.3, 0.4) is 0 Å². The standard InChI is InChI=1S/C15H12Cl2N2O4S2/c16-8-1-2-10(17)11(5-8)25-7-13(21)23-6-12(20)19-15-9(14(18)22)3-4-24-15/h1-5H,6-7H2,(H2,18,22)(H,19,20). The van der Waals surface area contributed by atoms with Gasteiger partial charge in [-0.3, -0.25) is 14.4 Å². The van der Waals surface area contributed by atoms with Crippen molar-refractivity contribution in [3.63, 3.8) is 0 Å². The van der Waals surface area contributed by atoms with Crippen molar-refractivity contribution in [1.29, 1.82) is 0 Å². The zero-order valence-electron chi connectivity index (χ0n) is 12.6. The monoisotopic (exact) mass is 418 g/mol. The molecule has 0 aliphatic heterocycles. The smallest absolute Gasteiger partial charge is 0.316 e. The summed E-state index contributed by atoms with van der Waals surface area (Å²) in [5.74, 6) is -1.83. The van der Waals surface area contributed by atoms with E-state index in [1.165, 1.54) is 6.07 Å². The number of amides is 2. The molecule has 1 heterocycles. The Kier molecular flexibility index (Phi) is 7.12. The lowest BCUT2D eigenvalue weighted by Gasteiger charge is -2.07. The maximum absolute atomic E-state index is 11.8. The number of nitrogens with two attached hydrogens (primary N) is 1. The third-order valence-electron chi connectivity index (χ3n) is 2.79. The van der Waals surface area contributed by atoms with Crippen LogP contribution in [0.4, 0.5) is 5.00 Å². The lowest BCUT2D eigenvalue weighted by molar-refractivity contribution is -0.144. The first-order chi connectivity index (χ1) is 11.9. The van der Waals surface area contributed by atoms with Crippen LogP contribution in [0.15, 0.2) is 34.5 Å². The van der Waals surface area contributed by atoms with Crippen LogP contribution in [0.2, 0.25) is 10.0 Å². The molecule has 2 rings (SSSR count). The molecule has 6 nitrogen and oxygen atoms in total. The molecule has 2 amide bonds. The SMILES string of the molecule is NC(=O)c1ccsc1NC(=O)COC(=O)CSc1cc(Cl)ccc1Cl. The molecule has 3 N–H and O–H groups in total. The van der Waals surface area contributed by atoms with Gasteiger partial charge in [-0.1, -0.05) is 23.2 Å². The Morgan fingerprint density at radius 2 is 2.00 bits per heavy atom. The highest BCUT2D eigenvalue weighted by atomic mass is 35.5. The van der Waals surface area contributed by atoms with Gasteiger partial charge >= 0.3 is 5.97 Å². The number of esters is 1. The van der Waals surface area contributed by atoms with Gasteiger partial charge in [0.25, 0.3) is 11.8 Å². The Bertz CT molecular complexity index is 811. The highest BCUT2D eigenvalue weighted by Crippen LogP contribution is 2.29. The normalized spacial score (nSPS) is 10.3. The van der Waals surface area contributed by atoms with Gasteiger partial charge in [-0.05, 0) is 29.6 Å². The molecule has 25 heavy (non-hydrogen) atoms. The van der Waals surface area contributed by atoms with E-state index in [1.54, 1.807) is 23.6 Å². The van der Waals surface area contributed by atoms with Crippen LogP contribution in [-0.2, 0) is 14.3 Å². The second-order valence-corrected chi connectivity index (χ2v) is 7.38. The molecule has 0 spiro atoms. The van der Waals surface area contributed by atoms with Gasteiger partial charge in [0.1, 0.15) is 5.00 Å². The number of hydrogen-bond acceptors (Lipinski definition) is 6. The zero-order chi connectivity index (χ0) is 18.4. The molecule has 1 aromatic carbocycles. The highest BCUT2D eigenvalue weighted by Gasteiger charge is 2.14. The van der Waals surface area contributed by atoms with Crippen molar-refractivity contribution in [2.75, 3.05) is 17.7 Å². The van der Waals surface area contributed by atoms with Crippen molar-refractivity contribution in [1.82, 2.24) is 0 Å². The number of carbonyl (C=O) groups is 3. The van der Waals surface area contributed by atoms with E-state index < -0.39 is 24.4 Å². The first-order valence-corrected chi connectivity index (χ1v) is 9.39. The van der Waals surface area contributed by atoms with Gasteiger partial charge in [-0.15, -0.1) is 23.1 Å². The minimum atomic E-state index is -0.650. The maximum atomic E-state index is 11.8. The molecule has 10 heteroatoms. The first kappa shape index (κ1) is 19.6. The summed E-state index contributed by atoms with van der Waals surface area (Å²) in [6, 6.07) is 6.40. The highest BCUT2D eigenvalue weighted by molar-refractivity contribution is 8.00. The molecule has 0 bridgehead atoms. The van der Waals surface area contributed by atoms with Gasteiger partial charge in [-0.2, -0.15) is 0 Å². The topological polar surface area (TPSA) is 98.5 Å². The van der Waals surface area contributed by atoms with E-state index in [9.17, 15) is 14.4 Å². The minimum absolute atomic E-state index is 0.0289. The van der Waals surface area contributed by atoms with Crippen LogP contribution >= 0.6 is 46.3 Å². The number of anilines is 1. The third-order valence-corrected chi connectivity index (χ3v) is 5.32. The average Bonchev–Trinajstić information content (AvgIpc) is 3.02. The van der Waals surface area contributed by atoms with Gasteiger partial charge in [-0.25, -0.2) is 0 Å². The molecule has 132 valence electrons. The maximum Gasteiger partial charge on any atom is 0.316 e. The molecular formula is C15H12Cl2N2O4S2. The van der Waals surface area contributed by atoms with Crippen LogP contribution in [0.25, 0.3) is 0 Å². The summed E-state index contributed by atoms with van der Waals surface area (Å²) in [5, 5.41) is 5.38. The largest absolute Gasteiger partial charge is 0.455 e. The van der Waals surface area contributed by atoms with Crippen LogP contribution in [0, 0.1) is 0 Å². The average molecular weight is 419 g/mol. The van der Waals surface area contributed by atoms with E-state index >= 15 is 0 Å². The summed E-state index contributed by atoms with van der Waals surface area (Å²) in [4.78, 5) is 35.3. The van der Waals surface area contributed by atoms with Crippen molar-refractivity contribution in [2.24, 2.45) is 5.73 Å². The van der Waals surface area contributed by atoms with Crippen molar-refractivity contribution >= 4 is 69.1 Å². The minimum Gasteiger partial charge on any atom is -0.455 e. The summed E-state index contributed by atoms with van der Waals surface area (Å²) < 4.78 is 4.89. The van der Waals surface area contributed by atoms with Gasteiger partial charge < -0.3 is 15.8 Å². The van der Waals surface area contributed by atoms with Crippen LogP contribution in [0.5, 0.6) is 0 Å². The number of rotatable bonds is 7. The Morgan fingerprint density at radius 1 is 1.24 bits per heavy atom. The predicted molar refractivity (Wildman–Crippen MR) is 99.6 cm³/mol. The second-order valence-electron chi connectivity index (χ2n) is 4.60. The quantitative estimate of drug-likeness (QED) is 0.529. The molecule has 0 aliphatic rings. The van der Waals surface area contributed by atoms with Gasteiger partial charge in [0.05, 0.1) is 16.3 Å². The molecule has 0 unspecified atom stereocenters. The fraction of sp³-hybridized carbons (Fsp3) is 0.133.